The lowest BCUT2D eigenvalue weighted by molar-refractivity contribution is -0.246. The van der Waals surface area contributed by atoms with Crippen molar-refractivity contribution in [3.8, 4) is 5.75 Å². The second-order valence-electron chi connectivity index (χ2n) is 16.1. The number of sulfonamides is 1. The SMILES string of the molecule is C[C@@H]1[C@@H](C)CCC[C@H]([C@H]2OC[C@@H](N3CCC3)CO2)[C@@H]2CC[C@H]2CN2C[C@@]3(CCCc4cc(Cl)ccc43)COc3ccc(cc32)C(=O)NS1(=O)=O. The second-order valence-corrected chi connectivity index (χ2v) is 18.6. The zero-order valence-electron chi connectivity index (χ0n) is 29.4. The third-order valence-electron chi connectivity index (χ3n) is 13.2. The smallest absolute Gasteiger partial charge is 0.264 e. The number of likely N-dealkylation sites (tertiary alicyclic amines) is 1. The molecule has 2 aromatic rings. The number of benzene rings is 2. The molecule has 9 nitrogen and oxygen atoms in total. The Morgan fingerprint density at radius 3 is 2.50 bits per heavy atom. The fourth-order valence-electron chi connectivity index (χ4n) is 9.64. The highest BCUT2D eigenvalue weighted by Crippen LogP contribution is 2.49. The molecule has 4 aliphatic heterocycles. The quantitative estimate of drug-likeness (QED) is 0.393. The van der Waals surface area contributed by atoms with Crippen LogP contribution in [0.1, 0.15) is 86.7 Å². The van der Waals surface area contributed by atoms with Crippen molar-refractivity contribution in [3.05, 3.63) is 58.1 Å². The van der Waals surface area contributed by atoms with Crippen LogP contribution in [-0.2, 0) is 31.3 Å². The van der Waals surface area contributed by atoms with E-state index in [1.165, 1.54) is 17.5 Å². The molecule has 2 bridgehead atoms. The normalized spacial score (nSPS) is 36.1. The largest absolute Gasteiger partial charge is 0.490 e. The first kappa shape index (κ1) is 34.7. The summed E-state index contributed by atoms with van der Waals surface area (Å²) in [6, 6.07) is 12.0. The number of hydrogen-bond acceptors (Lipinski definition) is 8. The molecule has 2 aromatic carbocycles. The Labute approximate surface area is 302 Å². The molecule has 2 saturated heterocycles. The van der Waals surface area contributed by atoms with Crippen LogP contribution in [0.25, 0.3) is 0 Å². The van der Waals surface area contributed by atoms with Gasteiger partial charge in [-0.25, -0.2) is 13.1 Å². The van der Waals surface area contributed by atoms with Crippen LogP contribution in [0.5, 0.6) is 5.75 Å². The Morgan fingerprint density at radius 1 is 0.940 bits per heavy atom. The number of nitrogens with zero attached hydrogens (tertiary/aromatic N) is 2. The summed E-state index contributed by atoms with van der Waals surface area (Å²) in [5.41, 5.74) is 3.51. The predicted octanol–water partition coefficient (Wildman–Crippen LogP) is 6.17. The van der Waals surface area contributed by atoms with Gasteiger partial charge in [0.25, 0.3) is 5.91 Å². The van der Waals surface area contributed by atoms with Gasteiger partial charge in [0, 0.05) is 35.0 Å². The number of hydrogen-bond donors (Lipinski definition) is 1. The fourth-order valence-corrected chi connectivity index (χ4v) is 11.1. The average molecular weight is 726 g/mol. The van der Waals surface area contributed by atoms with Gasteiger partial charge in [-0.05, 0) is 131 Å². The maximum atomic E-state index is 13.6. The molecule has 1 N–H and O–H groups in total. The molecule has 2 aliphatic carbocycles. The van der Waals surface area contributed by atoms with Crippen LogP contribution < -0.4 is 14.4 Å². The van der Waals surface area contributed by atoms with E-state index in [2.05, 4.69) is 26.7 Å². The molecule has 1 amide bonds. The lowest BCUT2D eigenvalue weighted by Crippen LogP contribution is -2.55. The van der Waals surface area contributed by atoms with Gasteiger partial charge in [-0.15, -0.1) is 0 Å². The van der Waals surface area contributed by atoms with Crippen LogP contribution in [0.2, 0.25) is 5.02 Å². The van der Waals surface area contributed by atoms with E-state index in [0.29, 0.717) is 43.3 Å². The van der Waals surface area contributed by atoms with Gasteiger partial charge in [-0.1, -0.05) is 31.0 Å². The zero-order valence-corrected chi connectivity index (χ0v) is 31.0. The van der Waals surface area contributed by atoms with Crippen molar-refractivity contribution < 1.29 is 27.4 Å². The van der Waals surface area contributed by atoms with E-state index in [1.54, 1.807) is 13.0 Å². The number of amides is 1. The number of halogens is 1. The first-order valence-electron chi connectivity index (χ1n) is 18.9. The Balaban J connectivity index is 1.15. The fraction of sp³-hybridized carbons (Fsp3) is 0.667. The number of ether oxygens (including phenoxy) is 3. The summed E-state index contributed by atoms with van der Waals surface area (Å²) in [5, 5.41) is 0.0405. The molecule has 1 saturated carbocycles. The summed E-state index contributed by atoms with van der Waals surface area (Å²) in [5.74, 6) is 1.11. The minimum atomic E-state index is -3.90. The van der Waals surface area contributed by atoms with E-state index in [0.717, 1.165) is 94.0 Å². The molecule has 0 radical (unpaired) electrons. The minimum Gasteiger partial charge on any atom is -0.490 e. The highest BCUT2D eigenvalue weighted by atomic mass is 35.5. The van der Waals surface area contributed by atoms with E-state index in [9.17, 15) is 13.2 Å². The van der Waals surface area contributed by atoms with Gasteiger partial charge in [-0.3, -0.25) is 9.69 Å². The van der Waals surface area contributed by atoms with Crippen molar-refractivity contribution in [2.45, 2.75) is 94.6 Å². The highest BCUT2D eigenvalue weighted by molar-refractivity contribution is 7.90. The van der Waals surface area contributed by atoms with Crippen LogP contribution in [0.15, 0.2) is 36.4 Å². The van der Waals surface area contributed by atoms with Crippen LogP contribution in [0.4, 0.5) is 5.69 Å². The molecule has 50 heavy (non-hydrogen) atoms. The number of carbonyl (C=O) groups is 1. The van der Waals surface area contributed by atoms with Crippen LogP contribution in [0, 0.1) is 23.7 Å². The van der Waals surface area contributed by atoms with Crippen molar-refractivity contribution in [1.82, 2.24) is 9.62 Å². The van der Waals surface area contributed by atoms with Crippen molar-refractivity contribution in [3.63, 3.8) is 0 Å². The Morgan fingerprint density at radius 2 is 1.76 bits per heavy atom. The number of rotatable bonds is 2. The Hall–Kier alpha value is -2.37. The number of nitrogens with one attached hydrogen (secondary N) is 1. The highest BCUT2D eigenvalue weighted by Gasteiger charge is 2.47. The summed E-state index contributed by atoms with van der Waals surface area (Å²) in [6.45, 7) is 9.44. The minimum absolute atomic E-state index is 0.115. The standard InChI is InChI=1S/C39H52ClN3O6S/c1-25-6-3-8-33(38-47-21-31(22-48-38)42-16-5-17-42)32-12-9-29(32)20-43-23-39(15-4-7-27-18-30(40)11-13-34(27)39)24-49-36-14-10-28(19-35(36)43)37(44)41-50(45,46)26(25)2/h10-11,13-14,18-19,25-26,29,31-33,38H,3-9,12,15-17,20-24H2,1-2H3,(H,41,44)/t25-,26+,29-,31-,32+,33-,38+,39-/m0/s1. The van der Waals surface area contributed by atoms with Gasteiger partial charge in [-0.2, -0.15) is 0 Å². The lowest BCUT2D eigenvalue weighted by atomic mass is 9.64. The first-order valence-corrected chi connectivity index (χ1v) is 20.9. The molecule has 6 aliphatic rings. The van der Waals surface area contributed by atoms with E-state index in [4.69, 9.17) is 25.8 Å². The van der Waals surface area contributed by atoms with E-state index in [1.807, 2.05) is 25.1 Å². The van der Waals surface area contributed by atoms with Crippen molar-refractivity contribution in [2.75, 3.05) is 50.9 Å². The van der Waals surface area contributed by atoms with Gasteiger partial charge in [0.1, 0.15) is 5.75 Å². The van der Waals surface area contributed by atoms with Crippen LogP contribution >= 0.6 is 11.6 Å². The van der Waals surface area contributed by atoms with Crippen LogP contribution in [0.3, 0.4) is 0 Å². The summed E-state index contributed by atoms with van der Waals surface area (Å²) in [4.78, 5) is 18.5. The summed E-state index contributed by atoms with van der Waals surface area (Å²) >= 11 is 6.48. The molecule has 4 heterocycles. The third-order valence-corrected chi connectivity index (χ3v) is 15.3. The summed E-state index contributed by atoms with van der Waals surface area (Å²) in [7, 11) is -3.90. The van der Waals surface area contributed by atoms with Crippen molar-refractivity contribution in [2.24, 2.45) is 23.7 Å². The Kier molecular flexibility index (Phi) is 9.63. The van der Waals surface area contributed by atoms with Gasteiger partial charge in [0.15, 0.2) is 6.29 Å². The average Bonchev–Trinajstić information content (AvgIpc) is 3.21. The molecule has 11 heteroatoms. The monoisotopic (exact) mass is 725 g/mol. The zero-order chi connectivity index (χ0) is 34.6. The predicted molar refractivity (Wildman–Crippen MR) is 194 cm³/mol. The van der Waals surface area contributed by atoms with Gasteiger partial charge >= 0.3 is 0 Å². The number of anilines is 1. The first-order chi connectivity index (χ1) is 24.1. The molecule has 1 spiro atoms. The molecule has 0 aromatic heterocycles. The topological polar surface area (TPSA) is 97.4 Å². The van der Waals surface area contributed by atoms with E-state index in [-0.39, 0.29) is 23.5 Å². The third kappa shape index (κ3) is 6.57. The van der Waals surface area contributed by atoms with Gasteiger partial charge in [0.05, 0.1) is 36.8 Å². The van der Waals surface area contributed by atoms with Crippen LogP contribution in [-0.4, -0.2) is 82.8 Å². The molecule has 6 atom stereocenters. The molecular formula is C39H52ClN3O6S. The molecule has 8 rings (SSSR count). The summed E-state index contributed by atoms with van der Waals surface area (Å²) < 4.78 is 49.3. The molecule has 0 unspecified atom stereocenters. The second kappa shape index (κ2) is 13.9. The molecule has 272 valence electrons. The summed E-state index contributed by atoms with van der Waals surface area (Å²) in [6.07, 6.45) is 8.84. The Bertz CT molecular complexity index is 1690. The van der Waals surface area contributed by atoms with E-state index < -0.39 is 21.2 Å². The van der Waals surface area contributed by atoms with Gasteiger partial charge in [0.2, 0.25) is 10.0 Å². The molecule has 3 fully saturated rings. The molecular weight excluding hydrogens is 674 g/mol. The van der Waals surface area contributed by atoms with E-state index >= 15 is 0 Å². The number of aryl methyl sites for hydroxylation is 1. The lowest BCUT2D eigenvalue weighted by Gasteiger charge is -2.49. The van der Waals surface area contributed by atoms with Gasteiger partial charge < -0.3 is 19.1 Å². The van der Waals surface area contributed by atoms with Crippen molar-refractivity contribution >= 4 is 33.2 Å². The number of carbonyl (C=O) groups excluding carboxylic acids is 1. The maximum Gasteiger partial charge on any atom is 0.264 e. The van der Waals surface area contributed by atoms with Crippen molar-refractivity contribution in [1.29, 1.82) is 0 Å². The number of fused-ring (bicyclic) bond motifs is 4. The maximum absolute atomic E-state index is 13.6.